The third-order valence-electron chi connectivity index (χ3n) is 7.71. The van der Waals surface area contributed by atoms with Crippen LogP contribution in [0.3, 0.4) is 0 Å². The highest BCUT2D eigenvalue weighted by Crippen LogP contribution is 2.49. The molecule has 1 aliphatic heterocycles. The summed E-state index contributed by atoms with van der Waals surface area (Å²) in [5.41, 5.74) is 9.06. The molecule has 3 heteroatoms. The third-order valence-corrected chi connectivity index (χ3v) is 8.45. The van der Waals surface area contributed by atoms with Crippen LogP contribution in [0.25, 0.3) is 11.6 Å². The molecule has 0 bridgehead atoms. The molecule has 4 aromatic carbocycles. The summed E-state index contributed by atoms with van der Waals surface area (Å²) in [4.78, 5) is 2.61. The summed E-state index contributed by atoms with van der Waals surface area (Å²) in [7, 11) is 0. The first-order chi connectivity index (χ1) is 17.7. The van der Waals surface area contributed by atoms with Crippen molar-refractivity contribution in [2.75, 3.05) is 4.90 Å². The fourth-order valence-corrected chi connectivity index (χ4v) is 6.34. The summed E-state index contributed by atoms with van der Waals surface area (Å²) in [6.45, 7) is 0.861. The van der Waals surface area contributed by atoms with Gasteiger partial charge in [-0.3, -0.25) is 0 Å². The zero-order chi connectivity index (χ0) is 24.5. The standard InChI is InChI=1S/C33H29Cl2N/c34-30-17-15-24(21-31(30)35)22-36-32-14-8-7-13-27(32)29-20-23(16-18-33(29)36)19-28(25-9-3-1-4-10-25)26-11-5-2-6-12-26/h1-6,9-12,15-21,27,32H,7-8,13-14,22H2. The molecular weight excluding hydrogens is 481 g/mol. The van der Waals surface area contributed by atoms with Gasteiger partial charge in [0.2, 0.25) is 0 Å². The molecule has 0 amide bonds. The molecule has 0 spiro atoms. The summed E-state index contributed by atoms with van der Waals surface area (Å²) in [6.07, 6.45) is 7.45. The van der Waals surface area contributed by atoms with Crippen molar-refractivity contribution >= 4 is 40.5 Å². The molecule has 0 radical (unpaired) electrons. The number of anilines is 1. The quantitative estimate of drug-likeness (QED) is 0.242. The summed E-state index contributed by atoms with van der Waals surface area (Å²) in [5.74, 6) is 0.585. The smallest absolute Gasteiger partial charge is 0.0595 e. The largest absolute Gasteiger partial charge is 0.363 e. The van der Waals surface area contributed by atoms with E-state index in [0.29, 0.717) is 22.0 Å². The topological polar surface area (TPSA) is 3.24 Å². The molecule has 1 saturated carbocycles. The Morgan fingerprint density at radius 1 is 0.750 bits per heavy atom. The first-order valence-corrected chi connectivity index (χ1v) is 13.6. The van der Waals surface area contributed by atoms with Crippen molar-refractivity contribution in [1.29, 1.82) is 0 Å². The predicted molar refractivity (Wildman–Crippen MR) is 154 cm³/mol. The highest BCUT2D eigenvalue weighted by molar-refractivity contribution is 6.42. The van der Waals surface area contributed by atoms with E-state index in [1.807, 2.05) is 12.1 Å². The summed E-state index contributed by atoms with van der Waals surface area (Å²) >= 11 is 12.5. The van der Waals surface area contributed by atoms with E-state index in [2.05, 4.69) is 95.9 Å². The van der Waals surface area contributed by atoms with Gasteiger partial charge in [-0.05, 0) is 76.6 Å². The minimum absolute atomic E-state index is 0.546. The van der Waals surface area contributed by atoms with E-state index in [9.17, 15) is 0 Å². The van der Waals surface area contributed by atoms with Crippen LogP contribution < -0.4 is 4.90 Å². The van der Waals surface area contributed by atoms with Crippen LogP contribution in [0.5, 0.6) is 0 Å². The molecule has 1 fully saturated rings. The molecule has 36 heavy (non-hydrogen) atoms. The summed E-state index contributed by atoms with van der Waals surface area (Å²) in [5, 5.41) is 1.24. The van der Waals surface area contributed by atoms with Crippen LogP contribution in [0.4, 0.5) is 5.69 Å². The average molecular weight is 511 g/mol. The lowest BCUT2D eigenvalue weighted by Crippen LogP contribution is -2.35. The van der Waals surface area contributed by atoms with Crippen LogP contribution in [0, 0.1) is 0 Å². The SMILES string of the molecule is Clc1ccc(CN2c3ccc(C=C(c4ccccc4)c4ccccc4)cc3C3CCCCC32)cc1Cl. The van der Waals surface area contributed by atoms with E-state index >= 15 is 0 Å². The van der Waals surface area contributed by atoms with Crippen molar-refractivity contribution in [3.05, 3.63) is 135 Å². The zero-order valence-electron chi connectivity index (χ0n) is 20.2. The van der Waals surface area contributed by atoms with Gasteiger partial charge in [0.15, 0.2) is 0 Å². The number of hydrogen-bond acceptors (Lipinski definition) is 1. The van der Waals surface area contributed by atoms with Gasteiger partial charge in [-0.15, -0.1) is 0 Å². The van der Waals surface area contributed by atoms with Gasteiger partial charge in [0.05, 0.1) is 10.0 Å². The molecule has 6 rings (SSSR count). The van der Waals surface area contributed by atoms with E-state index in [1.165, 1.54) is 64.8 Å². The first-order valence-electron chi connectivity index (χ1n) is 12.8. The maximum absolute atomic E-state index is 6.35. The van der Waals surface area contributed by atoms with Crippen LogP contribution in [0.15, 0.2) is 97.1 Å². The van der Waals surface area contributed by atoms with E-state index in [0.717, 1.165) is 6.54 Å². The molecule has 2 unspecified atom stereocenters. The number of nitrogens with zero attached hydrogens (tertiary/aromatic N) is 1. The van der Waals surface area contributed by atoms with E-state index < -0.39 is 0 Å². The fourth-order valence-electron chi connectivity index (χ4n) is 6.02. The zero-order valence-corrected chi connectivity index (χ0v) is 21.7. The maximum Gasteiger partial charge on any atom is 0.0595 e. The molecule has 0 N–H and O–H groups in total. The fraction of sp³-hybridized carbons (Fsp3) is 0.212. The number of halogens is 2. The van der Waals surface area contributed by atoms with Gasteiger partial charge in [-0.2, -0.15) is 0 Å². The number of fused-ring (bicyclic) bond motifs is 3. The Kier molecular flexibility index (Phi) is 6.61. The molecule has 180 valence electrons. The molecule has 0 saturated heterocycles. The van der Waals surface area contributed by atoms with Crippen LogP contribution in [-0.2, 0) is 6.54 Å². The van der Waals surface area contributed by atoms with Crippen LogP contribution in [0.1, 0.15) is 59.4 Å². The molecule has 2 atom stereocenters. The van der Waals surface area contributed by atoms with Crippen molar-refractivity contribution in [3.63, 3.8) is 0 Å². The normalized spacial score (nSPS) is 18.4. The van der Waals surface area contributed by atoms with Gasteiger partial charge in [0.1, 0.15) is 0 Å². The number of benzene rings is 4. The lowest BCUT2D eigenvalue weighted by Gasteiger charge is -2.33. The molecule has 1 heterocycles. The van der Waals surface area contributed by atoms with Crippen LogP contribution in [-0.4, -0.2) is 6.04 Å². The number of rotatable bonds is 5. The van der Waals surface area contributed by atoms with Gasteiger partial charge >= 0.3 is 0 Å². The molecule has 1 nitrogen and oxygen atoms in total. The van der Waals surface area contributed by atoms with Gasteiger partial charge in [-0.1, -0.05) is 109 Å². The van der Waals surface area contributed by atoms with Crippen molar-refractivity contribution in [3.8, 4) is 0 Å². The lowest BCUT2D eigenvalue weighted by atomic mass is 9.82. The Labute approximate surface area is 224 Å². The minimum Gasteiger partial charge on any atom is -0.363 e. The van der Waals surface area contributed by atoms with Crippen molar-refractivity contribution in [2.24, 2.45) is 0 Å². The first kappa shape index (κ1) is 23.4. The van der Waals surface area contributed by atoms with Crippen molar-refractivity contribution < 1.29 is 0 Å². The summed E-state index contributed by atoms with van der Waals surface area (Å²) in [6, 6.07) is 35.0. The predicted octanol–water partition coefficient (Wildman–Crippen LogP) is 9.63. The second-order valence-electron chi connectivity index (χ2n) is 9.94. The van der Waals surface area contributed by atoms with Crippen LogP contribution in [0.2, 0.25) is 10.0 Å². The Bertz CT molecular complexity index is 1350. The maximum atomic E-state index is 6.35. The molecular formula is C33H29Cl2N. The average Bonchev–Trinajstić information content (AvgIpc) is 3.23. The second-order valence-corrected chi connectivity index (χ2v) is 10.8. The monoisotopic (exact) mass is 509 g/mol. The molecule has 4 aromatic rings. The van der Waals surface area contributed by atoms with Gasteiger partial charge in [0, 0.05) is 24.2 Å². The Balaban J connectivity index is 1.40. The van der Waals surface area contributed by atoms with Gasteiger partial charge in [-0.25, -0.2) is 0 Å². The van der Waals surface area contributed by atoms with E-state index in [-0.39, 0.29) is 0 Å². The Morgan fingerprint density at radius 2 is 1.44 bits per heavy atom. The van der Waals surface area contributed by atoms with E-state index in [4.69, 9.17) is 23.2 Å². The Hall–Kier alpha value is -3.00. The van der Waals surface area contributed by atoms with Gasteiger partial charge < -0.3 is 4.90 Å². The number of hydrogen-bond donors (Lipinski definition) is 0. The van der Waals surface area contributed by atoms with Crippen LogP contribution >= 0.6 is 23.2 Å². The highest BCUT2D eigenvalue weighted by Gasteiger charge is 2.39. The van der Waals surface area contributed by atoms with Crippen molar-refractivity contribution in [2.45, 2.75) is 44.2 Å². The summed E-state index contributed by atoms with van der Waals surface area (Å²) < 4.78 is 0. The lowest BCUT2D eigenvalue weighted by molar-refractivity contribution is 0.385. The van der Waals surface area contributed by atoms with Gasteiger partial charge in [0.25, 0.3) is 0 Å². The highest BCUT2D eigenvalue weighted by atomic mass is 35.5. The van der Waals surface area contributed by atoms with Crippen molar-refractivity contribution in [1.82, 2.24) is 0 Å². The molecule has 0 aromatic heterocycles. The molecule has 1 aliphatic carbocycles. The Morgan fingerprint density at radius 3 is 2.14 bits per heavy atom. The van der Waals surface area contributed by atoms with E-state index in [1.54, 1.807) is 0 Å². The third kappa shape index (κ3) is 4.59. The second kappa shape index (κ2) is 10.2. The minimum atomic E-state index is 0.546. The molecule has 2 aliphatic rings.